The minimum Gasteiger partial charge on any atom is -0.384 e. The van der Waals surface area contributed by atoms with Crippen molar-refractivity contribution in [3.63, 3.8) is 0 Å². The Balaban J connectivity index is 2.77. The first-order valence-electron chi connectivity index (χ1n) is 4.49. The molecule has 1 heterocycles. The standard InChI is InChI=1S/C9H16N4/c1-4-6(2)11-9-12-7(3)5-8(10)13-9/h5-6H,4H2,1-3H3,(H3,10,11,12,13). The minimum absolute atomic E-state index is 0.376. The molecule has 0 aliphatic heterocycles. The van der Waals surface area contributed by atoms with Gasteiger partial charge in [-0.25, -0.2) is 4.98 Å². The summed E-state index contributed by atoms with van der Waals surface area (Å²) >= 11 is 0. The lowest BCUT2D eigenvalue weighted by molar-refractivity contribution is 0.752. The molecule has 0 saturated heterocycles. The highest BCUT2D eigenvalue weighted by Crippen LogP contribution is 2.07. The van der Waals surface area contributed by atoms with E-state index in [2.05, 4.69) is 29.1 Å². The van der Waals surface area contributed by atoms with E-state index in [1.54, 1.807) is 6.07 Å². The lowest BCUT2D eigenvalue weighted by atomic mass is 10.3. The first kappa shape index (κ1) is 9.77. The monoisotopic (exact) mass is 180 g/mol. The quantitative estimate of drug-likeness (QED) is 0.741. The van der Waals surface area contributed by atoms with Crippen molar-refractivity contribution in [3.8, 4) is 0 Å². The average molecular weight is 180 g/mol. The molecule has 0 amide bonds. The molecule has 1 aromatic heterocycles. The number of rotatable bonds is 3. The predicted molar refractivity (Wildman–Crippen MR) is 54.6 cm³/mol. The van der Waals surface area contributed by atoms with Gasteiger partial charge in [-0.15, -0.1) is 0 Å². The van der Waals surface area contributed by atoms with Crippen LogP contribution in [0.2, 0.25) is 0 Å². The minimum atomic E-state index is 0.376. The average Bonchev–Trinajstić information content (AvgIpc) is 2.02. The molecule has 4 heteroatoms. The number of hydrogen-bond acceptors (Lipinski definition) is 4. The van der Waals surface area contributed by atoms with Gasteiger partial charge in [-0.2, -0.15) is 4.98 Å². The van der Waals surface area contributed by atoms with Crippen LogP contribution in [0.1, 0.15) is 26.0 Å². The van der Waals surface area contributed by atoms with Crippen molar-refractivity contribution >= 4 is 11.8 Å². The maximum absolute atomic E-state index is 5.59. The van der Waals surface area contributed by atoms with Gasteiger partial charge in [-0.3, -0.25) is 0 Å². The van der Waals surface area contributed by atoms with Gasteiger partial charge in [-0.1, -0.05) is 6.92 Å². The number of nitrogens with zero attached hydrogens (tertiary/aromatic N) is 2. The summed E-state index contributed by atoms with van der Waals surface area (Å²) in [4.78, 5) is 8.30. The summed E-state index contributed by atoms with van der Waals surface area (Å²) in [7, 11) is 0. The Morgan fingerprint density at radius 1 is 1.54 bits per heavy atom. The molecule has 3 N–H and O–H groups in total. The summed E-state index contributed by atoms with van der Waals surface area (Å²) in [5, 5.41) is 3.17. The number of aryl methyl sites for hydroxylation is 1. The maximum Gasteiger partial charge on any atom is 0.225 e. The van der Waals surface area contributed by atoms with Crippen molar-refractivity contribution in [3.05, 3.63) is 11.8 Å². The van der Waals surface area contributed by atoms with Gasteiger partial charge in [0.1, 0.15) is 5.82 Å². The first-order chi connectivity index (χ1) is 6.11. The molecular weight excluding hydrogens is 164 g/mol. The largest absolute Gasteiger partial charge is 0.384 e. The van der Waals surface area contributed by atoms with E-state index in [0.717, 1.165) is 12.1 Å². The lowest BCUT2D eigenvalue weighted by Gasteiger charge is -2.11. The van der Waals surface area contributed by atoms with Crippen molar-refractivity contribution in [1.82, 2.24) is 9.97 Å². The highest BCUT2D eigenvalue weighted by atomic mass is 15.1. The Morgan fingerprint density at radius 2 is 2.23 bits per heavy atom. The van der Waals surface area contributed by atoms with Crippen LogP contribution in [0.15, 0.2) is 6.07 Å². The normalized spacial score (nSPS) is 12.5. The molecule has 0 saturated carbocycles. The van der Waals surface area contributed by atoms with E-state index in [4.69, 9.17) is 5.73 Å². The van der Waals surface area contributed by atoms with Gasteiger partial charge in [0.15, 0.2) is 0 Å². The van der Waals surface area contributed by atoms with Crippen LogP contribution in [0, 0.1) is 6.92 Å². The molecule has 13 heavy (non-hydrogen) atoms. The van der Waals surface area contributed by atoms with Crippen molar-refractivity contribution < 1.29 is 0 Å². The van der Waals surface area contributed by atoms with Gasteiger partial charge in [0, 0.05) is 17.8 Å². The van der Waals surface area contributed by atoms with Crippen LogP contribution >= 0.6 is 0 Å². The fourth-order valence-electron chi connectivity index (χ4n) is 0.980. The summed E-state index contributed by atoms with van der Waals surface area (Å²) < 4.78 is 0. The smallest absolute Gasteiger partial charge is 0.225 e. The van der Waals surface area contributed by atoms with Gasteiger partial charge in [0.25, 0.3) is 0 Å². The second-order valence-corrected chi connectivity index (χ2v) is 3.21. The Morgan fingerprint density at radius 3 is 2.77 bits per heavy atom. The fourth-order valence-corrected chi connectivity index (χ4v) is 0.980. The van der Waals surface area contributed by atoms with Gasteiger partial charge >= 0.3 is 0 Å². The molecule has 0 aromatic carbocycles. The third-order valence-corrected chi connectivity index (χ3v) is 1.86. The van der Waals surface area contributed by atoms with E-state index in [1.165, 1.54) is 0 Å². The molecular formula is C9H16N4. The van der Waals surface area contributed by atoms with Crippen LogP contribution in [0.4, 0.5) is 11.8 Å². The van der Waals surface area contributed by atoms with Gasteiger partial charge < -0.3 is 11.1 Å². The molecule has 0 fully saturated rings. The molecule has 4 nitrogen and oxygen atoms in total. The summed E-state index contributed by atoms with van der Waals surface area (Å²) in [6.07, 6.45) is 1.04. The molecule has 1 atom stereocenters. The topological polar surface area (TPSA) is 63.8 Å². The maximum atomic E-state index is 5.59. The molecule has 1 unspecified atom stereocenters. The Hall–Kier alpha value is -1.32. The number of nitrogens with two attached hydrogens (primary N) is 1. The zero-order chi connectivity index (χ0) is 9.84. The summed E-state index contributed by atoms with van der Waals surface area (Å²) in [6, 6.07) is 2.13. The van der Waals surface area contributed by atoms with Crippen molar-refractivity contribution in [2.24, 2.45) is 0 Å². The van der Waals surface area contributed by atoms with Crippen molar-refractivity contribution in [1.29, 1.82) is 0 Å². The van der Waals surface area contributed by atoms with Crippen LogP contribution in [0.5, 0.6) is 0 Å². The number of nitrogens with one attached hydrogen (secondary N) is 1. The van der Waals surface area contributed by atoms with E-state index in [-0.39, 0.29) is 0 Å². The van der Waals surface area contributed by atoms with E-state index < -0.39 is 0 Å². The third-order valence-electron chi connectivity index (χ3n) is 1.86. The van der Waals surface area contributed by atoms with Crippen LogP contribution in [0.25, 0.3) is 0 Å². The van der Waals surface area contributed by atoms with Crippen LogP contribution in [0.3, 0.4) is 0 Å². The van der Waals surface area contributed by atoms with Crippen LogP contribution in [-0.2, 0) is 0 Å². The fraction of sp³-hybridized carbons (Fsp3) is 0.556. The number of nitrogen functional groups attached to an aromatic ring is 1. The second kappa shape index (κ2) is 4.07. The van der Waals surface area contributed by atoms with Crippen molar-refractivity contribution in [2.75, 3.05) is 11.1 Å². The van der Waals surface area contributed by atoms with Crippen molar-refractivity contribution in [2.45, 2.75) is 33.2 Å². The third kappa shape index (κ3) is 2.89. The second-order valence-electron chi connectivity index (χ2n) is 3.21. The SMILES string of the molecule is CCC(C)Nc1nc(C)cc(N)n1. The summed E-state index contributed by atoms with van der Waals surface area (Å²) in [5.41, 5.74) is 6.47. The summed E-state index contributed by atoms with van der Waals surface area (Å²) in [6.45, 7) is 6.10. The Bertz CT molecular complexity index is 265. The zero-order valence-corrected chi connectivity index (χ0v) is 8.33. The predicted octanol–water partition coefficient (Wildman–Crippen LogP) is 1.58. The van der Waals surface area contributed by atoms with E-state index in [1.807, 2.05) is 6.92 Å². The van der Waals surface area contributed by atoms with Gasteiger partial charge in [0.05, 0.1) is 0 Å². The first-order valence-corrected chi connectivity index (χ1v) is 4.49. The molecule has 0 bridgehead atoms. The van der Waals surface area contributed by atoms with Gasteiger partial charge in [-0.05, 0) is 20.3 Å². The van der Waals surface area contributed by atoms with E-state index in [0.29, 0.717) is 17.8 Å². The molecule has 72 valence electrons. The number of hydrogen-bond donors (Lipinski definition) is 2. The molecule has 0 spiro atoms. The number of aromatic nitrogens is 2. The lowest BCUT2D eigenvalue weighted by Crippen LogP contribution is -2.16. The Kier molecular flexibility index (Phi) is 3.06. The molecule has 0 aliphatic rings. The molecule has 0 radical (unpaired) electrons. The Labute approximate surface area is 78.6 Å². The van der Waals surface area contributed by atoms with E-state index in [9.17, 15) is 0 Å². The highest BCUT2D eigenvalue weighted by Gasteiger charge is 2.02. The molecule has 1 rings (SSSR count). The molecule has 0 aliphatic carbocycles. The number of anilines is 2. The van der Waals surface area contributed by atoms with Crippen LogP contribution in [-0.4, -0.2) is 16.0 Å². The van der Waals surface area contributed by atoms with E-state index >= 15 is 0 Å². The molecule has 1 aromatic rings. The highest BCUT2D eigenvalue weighted by molar-refractivity contribution is 5.38. The van der Waals surface area contributed by atoms with Gasteiger partial charge in [0.2, 0.25) is 5.95 Å². The summed E-state index contributed by atoms with van der Waals surface area (Å²) in [5.74, 6) is 1.13. The van der Waals surface area contributed by atoms with Crippen LogP contribution < -0.4 is 11.1 Å². The zero-order valence-electron chi connectivity index (χ0n) is 8.33.